The van der Waals surface area contributed by atoms with E-state index in [0.29, 0.717) is 28.6 Å². The third-order valence-electron chi connectivity index (χ3n) is 2.38. The molecule has 0 spiro atoms. The quantitative estimate of drug-likeness (QED) is 0.856. The van der Waals surface area contributed by atoms with E-state index in [2.05, 4.69) is 9.97 Å². The molecular weight excluding hydrogens is 272 g/mol. The summed E-state index contributed by atoms with van der Waals surface area (Å²) >= 11 is 0. The Bertz CT molecular complexity index is 586. The number of ether oxygens (including phenoxy) is 3. The van der Waals surface area contributed by atoms with Crippen LogP contribution < -0.4 is 19.9 Å². The molecule has 0 saturated carbocycles. The van der Waals surface area contributed by atoms with Crippen LogP contribution >= 0.6 is 0 Å². The topological polar surface area (TPSA) is 103 Å². The second-order valence-electron chi connectivity index (χ2n) is 3.67. The summed E-state index contributed by atoms with van der Waals surface area (Å²) in [4.78, 5) is 7.26. The van der Waals surface area contributed by atoms with Crippen LogP contribution in [0.5, 0.6) is 17.2 Å². The monoisotopic (exact) mass is 288 g/mol. The first-order chi connectivity index (χ1) is 10.2. The molecule has 0 amide bonds. The molecule has 1 aromatic heterocycles. The summed E-state index contributed by atoms with van der Waals surface area (Å²) in [5.74, 6) is 1.69. The molecule has 0 unspecified atom stereocenters. The lowest BCUT2D eigenvalue weighted by Crippen LogP contribution is -1.96. The molecule has 0 aliphatic rings. The van der Waals surface area contributed by atoms with Gasteiger partial charge in [0.05, 0.1) is 21.3 Å². The van der Waals surface area contributed by atoms with Crippen molar-refractivity contribution in [2.24, 2.45) is 0 Å². The summed E-state index contributed by atoms with van der Waals surface area (Å²) in [6.45, 7) is 0. The fourth-order valence-electron chi connectivity index (χ4n) is 1.46. The standard InChI is InChI=1S/C9H13NO3.C5H3N3/c1-11-7-4-6(10)5-8(12-2)9(7)13-3;6-3-5-1-2-7-4-8-5/h4-5H,10H2,1-3H3;1-2,4H. The second kappa shape index (κ2) is 8.22. The van der Waals surface area contributed by atoms with Crippen molar-refractivity contribution in [2.75, 3.05) is 27.1 Å². The van der Waals surface area contributed by atoms with Gasteiger partial charge in [0.2, 0.25) is 5.75 Å². The first-order valence-electron chi connectivity index (χ1n) is 5.87. The molecule has 1 heterocycles. The Morgan fingerprint density at radius 1 is 1.10 bits per heavy atom. The highest BCUT2D eigenvalue weighted by molar-refractivity contribution is 5.60. The molecule has 7 heteroatoms. The van der Waals surface area contributed by atoms with E-state index < -0.39 is 0 Å². The van der Waals surface area contributed by atoms with Gasteiger partial charge in [-0.2, -0.15) is 5.26 Å². The number of hydrogen-bond donors (Lipinski definition) is 1. The van der Waals surface area contributed by atoms with Gasteiger partial charge >= 0.3 is 0 Å². The maximum absolute atomic E-state index is 8.20. The van der Waals surface area contributed by atoms with Gasteiger partial charge in [0.15, 0.2) is 11.5 Å². The summed E-state index contributed by atoms with van der Waals surface area (Å²) in [5, 5.41) is 8.20. The molecule has 110 valence electrons. The van der Waals surface area contributed by atoms with Crippen LogP contribution in [0.25, 0.3) is 0 Å². The first-order valence-corrected chi connectivity index (χ1v) is 5.87. The van der Waals surface area contributed by atoms with Crippen LogP contribution in [0.1, 0.15) is 5.69 Å². The molecule has 2 aromatic rings. The van der Waals surface area contributed by atoms with Crippen molar-refractivity contribution < 1.29 is 14.2 Å². The minimum absolute atomic E-state index is 0.403. The van der Waals surface area contributed by atoms with Gasteiger partial charge in [0.25, 0.3) is 0 Å². The Balaban J connectivity index is 0.000000235. The zero-order chi connectivity index (χ0) is 15.7. The maximum atomic E-state index is 8.20. The Morgan fingerprint density at radius 3 is 2.05 bits per heavy atom. The lowest BCUT2D eigenvalue weighted by atomic mass is 10.2. The van der Waals surface area contributed by atoms with Gasteiger partial charge in [-0.05, 0) is 6.07 Å². The normalized spacial score (nSPS) is 8.86. The number of hydrogen-bond acceptors (Lipinski definition) is 7. The Morgan fingerprint density at radius 2 is 1.71 bits per heavy atom. The number of rotatable bonds is 3. The SMILES string of the molecule is COc1cc(N)cc(OC)c1OC.N#Cc1ccncn1. The average molecular weight is 288 g/mol. The Hall–Kier alpha value is -3.01. The molecule has 0 atom stereocenters. The van der Waals surface area contributed by atoms with Crippen molar-refractivity contribution >= 4 is 5.69 Å². The van der Waals surface area contributed by atoms with Gasteiger partial charge < -0.3 is 19.9 Å². The highest BCUT2D eigenvalue weighted by atomic mass is 16.5. The number of nitriles is 1. The number of methoxy groups -OCH3 is 3. The number of anilines is 1. The predicted octanol–water partition coefficient (Wildman–Crippen LogP) is 1.64. The number of benzene rings is 1. The number of nitrogens with zero attached hydrogens (tertiary/aromatic N) is 3. The highest BCUT2D eigenvalue weighted by Crippen LogP contribution is 2.38. The zero-order valence-electron chi connectivity index (χ0n) is 12.0. The number of nitrogens with two attached hydrogens (primary N) is 1. The van der Waals surface area contributed by atoms with Crippen LogP contribution in [-0.4, -0.2) is 31.3 Å². The predicted molar refractivity (Wildman–Crippen MR) is 77.3 cm³/mol. The minimum Gasteiger partial charge on any atom is -0.493 e. The van der Waals surface area contributed by atoms with E-state index in [-0.39, 0.29) is 0 Å². The van der Waals surface area contributed by atoms with Gasteiger partial charge in [0.1, 0.15) is 18.1 Å². The van der Waals surface area contributed by atoms with Gasteiger partial charge in [-0.1, -0.05) is 0 Å². The van der Waals surface area contributed by atoms with Crippen molar-refractivity contribution in [3.8, 4) is 23.3 Å². The minimum atomic E-state index is 0.403. The first kappa shape index (κ1) is 16.0. The lowest BCUT2D eigenvalue weighted by Gasteiger charge is -2.12. The molecule has 2 N–H and O–H groups in total. The fraction of sp³-hybridized carbons (Fsp3) is 0.214. The summed E-state index contributed by atoms with van der Waals surface area (Å²) in [6.07, 6.45) is 2.88. The molecule has 0 aliphatic heterocycles. The molecule has 21 heavy (non-hydrogen) atoms. The van der Waals surface area contributed by atoms with Crippen molar-refractivity contribution in [3.63, 3.8) is 0 Å². The van der Waals surface area contributed by atoms with E-state index >= 15 is 0 Å². The highest BCUT2D eigenvalue weighted by Gasteiger charge is 2.11. The summed E-state index contributed by atoms with van der Waals surface area (Å²) in [6, 6.07) is 6.80. The van der Waals surface area contributed by atoms with Gasteiger partial charge in [-0.3, -0.25) is 0 Å². The number of nitrogen functional groups attached to an aromatic ring is 1. The fourth-order valence-corrected chi connectivity index (χ4v) is 1.46. The van der Waals surface area contributed by atoms with Gasteiger partial charge in [-0.15, -0.1) is 0 Å². The Kier molecular flexibility index (Phi) is 6.28. The summed E-state index contributed by atoms with van der Waals surface area (Å²) < 4.78 is 15.3. The van der Waals surface area contributed by atoms with E-state index in [4.69, 9.17) is 25.2 Å². The van der Waals surface area contributed by atoms with Crippen LogP contribution in [0.3, 0.4) is 0 Å². The average Bonchev–Trinajstić information content (AvgIpc) is 2.55. The maximum Gasteiger partial charge on any atom is 0.203 e. The van der Waals surface area contributed by atoms with Crippen molar-refractivity contribution in [1.82, 2.24) is 9.97 Å². The van der Waals surface area contributed by atoms with Crippen LogP contribution in [0.4, 0.5) is 5.69 Å². The molecule has 0 radical (unpaired) electrons. The third-order valence-corrected chi connectivity index (χ3v) is 2.38. The molecule has 7 nitrogen and oxygen atoms in total. The van der Waals surface area contributed by atoms with Crippen LogP contribution in [-0.2, 0) is 0 Å². The van der Waals surface area contributed by atoms with E-state index in [1.165, 1.54) is 12.5 Å². The lowest BCUT2D eigenvalue weighted by molar-refractivity contribution is 0.325. The van der Waals surface area contributed by atoms with E-state index in [9.17, 15) is 0 Å². The van der Waals surface area contributed by atoms with Crippen LogP contribution in [0, 0.1) is 11.3 Å². The molecular formula is C14H16N4O3. The molecule has 0 saturated heterocycles. The molecule has 0 fully saturated rings. The second-order valence-corrected chi connectivity index (χ2v) is 3.67. The summed E-state index contributed by atoms with van der Waals surface area (Å²) in [7, 11) is 4.66. The molecule has 2 rings (SSSR count). The van der Waals surface area contributed by atoms with Gasteiger partial charge in [0, 0.05) is 24.0 Å². The molecule has 0 aliphatic carbocycles. The zero-order valence-corrected chi connectivity index (χ0v) is 12.0. The smallest absolute Gasteiger partial charge is 0.203 e. The largest absolute Gasteiger partial charge is 0.493 e. The Labute approximate surface area is 122 Å². The van der Waals surface area contributed by atoms with Crippen molar-refractivity contribution in [3.05, 3.63) is 36.4 Å². The van der Waals surface area contributed by atoms with Crippen molar-refractivity contribution in [2.45, 2.75) is 0 Å². The molecule has 0 bridgehead atoms. The number of aromatic nitrogens is 2. The van der Waals surface area contributed by atoms with Crippen LogP contribution in [0.2, 0.25) is 0 Å². The third kappa shape index (κ3) is 4.54. The molecule has 1 aromatic carbocycles. The van der Waals surface area contributed by atoms with Crippen LogP contribution in [0.15, 0.2) is 30.7 Å². The van der Waals surface area contributed by atoms with Gasteiger partial charge in [-0.25, -0.2) is 9.97 Å². The van der Waals surface area contributed by atoms with E-state index in [0.717, 1.165) is 0 Å². The van der Waals surface area contributed by atoms with E-state index in [1.807, 2.05) is 6.07 Å². The van der Waals surface area contributed by atoms with E-state index in [1.54, 1.807) is 39.5 Å². The van der Waals surface area contributed by atoms with Crippen molar-refractivity contribution in [1.29, 1.82) is 5.26 Å². The summed E-state index contributed by atoms with van der Waals surface area (Å²) in [5.41, 5.74) is 6.60.